The summed E-state index contributed by atoms with van der Waals surface area (Å²) in [5.41, 5.74) is 1.38. The summed E-state index contributed by atoms with van der Waals surface area (Å²) in [5.74, 6) is 0.105. The second-order valence-electron chi connectivity index (χ2n) is 6.71. The standard InChI is InChI=1S/C22H20BrClN2O4S/c1-15(16-2-4-17(23)5-3-16)25-22(27)14-30-20-10-12-21(13-11-20)31(28,29)26-19-8-6-18(24)7-9-19/h2-13,15,26H,14H2,1H3,(H,25,27)/t15-/m0/s1. The summed E-state index contributed by atoms with van der Waals surface area (Å²) >= 11 is 9.19. The Morgan fingerprint density at radius 1 is 1.00 bits per heavy atom. The van der Waals surface area contributed by atoms with E-state index in [0.29, 0.717) is 16.5 Å². The second-order valence-corrected chi connectivity index (χ2v) is 9.75. The first kappa shape index (κ1) is 23.1. The molecule has 0 unspecified atom stereocenters. The van der Waals surface area contributed by atoms with Gasteiger partial charge in [-0.15, -0.1) is 0 Å². The van der Waals surface area contributed by atoms with Crippen LogP contribution < -0.4 is 14.8 Å². The number of carbonyl (C=O) groups excluding carboxylic acids is 1. The number of hydrogen-bond acceptors (Lipinski definition) is 4. The van der Waals surface area contributed by atoms with Gasteiger partial charge in [0, 0.05) is 15.2 Å². The molecule has 0 radical (unpaired) electrons. The van der Waals surface area contributed by atoms with Crippen LogP contribution in [0.5, 0.6) is 5.75 Å². The zero-order chi connectivity index (χ0) is 22.4. The van der Waals surface area contributed by atoms with Gasteiger partial charge in [-0.25, -0.2) is 8.42 Å². The molecule has 9 heteroatoms. The van der Waals surface area contributed by atoms with Crippen LogP contribution in [-0.2, 0) is 14.8 Å². The highest BCUT2D eigenvalue weighted by atomic mass is 79.9. The van der Waals surface area contributed by atoms with E-state index in [0.717, 1.165) is 10.0 Å². The van der Waals surface area contributed by atoms with Gasteiger partial charge in [-0.05, 0) is 73.2 Å². The number of sulfonamides is 1. The number of halogens is 2. The topological polar surface area (TPSA) is 84.5 Å². The SMILES string of the molecule is C[C@H](NC(=O)COc1ccc(S(=O)(=O)Nc2ccc(Cl)cc2)cc1)c1ccc(Br)cc1. The highest BCUT2D eigenvalue weighted by Crippen LogP contribution is 2.21. The Balaban J connectivity index is 1.54. The van der Waals surface area contributed by atoms with Gasteiger partial charge in [-0.2, -0.15) is 0 Å². The van der Waals surface area contributed by atoms with Crippen LogP contribution in [0.4, 0.5) is 5.69 Å². The van der Waals surface area contributed by atoms with Crippen molar-refractivity contribution in [2.24, 2.45) is 0 Å². The van der Waals surface area contributed by atoms with Gasteiger partial charge >= 0.3 is 0 Å². The summed E-state index contributed by atoms with van der Waals surface area (Å²) in [5, 5.41) is 3.37. The van der Waals surface area contributed by atoms with E-state index in [2.05, 4.69) is 26.0 Å². The Labute approximate surface area is 194 Å². The molecule has 0 aromatic heterocycles. The fourth-order valence-electron chi connectivity index (χ4n) is 2.71. The summed E-state index contributed by atoms with van der Waals surface area (Å²) in [6.07, 6.45) is 0. The highest BCUT2D eigenvalue weighted by molar-refractivity contribution is 9.10. The highest BCUT2D eigenvalue weighted by Gasteiger charge is 2.15. The van der Waals surface area contributed by atoms with Crippen LogP contribution in [0.3, 0.4) is 0 Å². The van der Waals surface area contributed by atoms with Gasteiger partial charge in [0.15, 0.2) is 6.61 Å². The van der Waals surface area contributed by atoms with E-state index in [4.69, 9.17) is 16.3 Å². The van der Waals surface area contributed by atoms with Gasteiger partial charge in [0.25, 0.3) is 15.9 Å². The molecule has 0 fully saturated rings. The zero-order valence-corrected chi connectivity index (χ0v) is 19.7. The third-order valence-corrected chi connectivity index (χ3v) is 6.53. The van der Waals surface area contributed by atoms with Crippen LogP contribution >= 0.6 is 27.5 Å². The minimum atomic E-state index is -3.76. The summed E-state index contributed by atoms with van der Waals surface area (Å²) in [6, 6.07) is 19.7. The molecule has 0 aliphatic carbocycles. The van der Waals surface area contributed by atoms with Crippen LogP contribution in [0.1, 0.15) is 18.5 Å². The number of nitrogens with one attached hydrogen (secondary N) is 2. The first-order valence-electron chi connectivity index (χ1n) is 9.29. The van der Waals surface area contributed by atoms with Crippen molar-refractivity contribution in [2.45, 2.75) is 17.9 Å². The van der Waals surface area contributed by atoms with E-state index in [1.165, 1.54) is 24.3 Å². The lowest BCUT2D eigenvalue weighted by atomic mass is 10.1. The van der Waals surface area contributed by atoms with Gasteiger partial charge < -0.3 is 10.1 Å². The number of ether oxygens (including phenoxy) is 1. The molecule has 3 aromatic rings. The summed E-state index contributed by atoms with van der Waals surface area (Å²) in [4.78, 5) is 12.2. The molecule has 0 spiro atoms. The molecule has 0 aliphatic heterocycles. The first-order chi connectivity index (χ1) is 14.7. The largest absolute Gasteiger partial charge is 0.484 e. The van der Waals surface area contributed by atoms with Gasteiger partial charge in [-0.1, -0.05) is 39.7 Å². The fourth-order valence-corrected chi connectivity index (χ4v) is 4.16. The maximum atomic E-state index is 12.5. The van der Waals surface area contributed by atoms with E-state index >= 15 is 0 Å². The van der Waals surface area contributed by atoms with Crippen molar-refractivity contribution >= 4 is 49.1 Å². The van der Waals surface area contributed by atoms with Crippen molar-refractivity contribution in [3.8, 4) is 5.75 Å². The fraction of sp³-hybridized carbons (Fsp3) is 0.136. The predicted octanol–water partition coefficient (Wildman–Crippen LogP) is 5.16. The Bertz CT molecular complexity index is 1140. The molecule has 0 heterocycles. The van der Waals surface area contributed by atoms with Crippen molar-refractivity contribution < 1.29 is 17.9 Å². The average molecular weight is 524 g/mol. The maximum Gasteiger partial charge on any atom is 0.261 e. The van der Waals surface area contributed by atoms with Gasteiger partial charge in [-0.3, -0.25) is 9.52 Å². The molecule has 0 bridgehead atoms. The normalized spacial score (nSPS) is 12.1. The lowest BCUT2D eigenvalue weighted by molar-refractivity contribution is -0.123. The molecule has 3 rings (SSSR count). The number of anilines is 1. The zero-order valence-electron chi connectivity index (χ0n) is 16.5. The second kappa shape index (κ2) is 10.2. The van der Waals surface area contributed by atoms with Crippen molar-refractivity contribution in [3.63, 3.8) is 0 Å². The number of amides is 1. The molecule has 1 atom stereocenters. The monoisotopic (exact) mass is 522 g/mol. The van der Waals surface area contributed by atoms with Crippen LogP contribution in [-0.4, -0.2) is 20.9 Å². The molecule has 0 aliphatic rings. The van der Waals surface area contributed by atoms with Gasteiger partial charge in [0.1, 0.15) is 5.75 Å². The van der Waals surface area contributed by atoms with Gasteiger partial charge in [0.05, 0.1) is 10.9 Å². The lowest BCUT2D eigenvalue weighted by Crippen LogP contribution is -2.31. The Hall–Kier alpha value is -2.55. The quantitative estimate of drug-likeness (QED) is 0.427. The third kappa shape index (κ3) is 6.72. The van der Waals surface area contributed by atoms with Crippen molar-refractivity contribution in [3.05, 3.63) is 87.9 Å². The van der Waals surface area contributed by atoms with E-state index in [1.807, 2.05) is 31.2 Å². The molecule has 1 amide bonds. The average Bonchev–Trinajstić information content (AvgIpc) is 2.74. The Morgan fingerprint density at radius 2 is 1.61 bits per heavy atom. The molecule has 2 N–H and O–H groups in total. The Kier molecular flexibility index (Phi) is 7.59. The van der Waals surface area contributed by atoms with Crippen molar-refractivity contribution in [1.82, 2.24) is 5.32 Å². The molecule has 0 saturated heterocycles. The molecular formula is C22H20BrClN2O4S. The lowest BCUT2D eigenvalue weighted by Gasteiger charge is -2.15. The third-order valence-electron chi connectivity index (χ3n) is 4.35. The number of carbonyl (C=O) groups is 1. The predicted molar refractivity (Wildman–Crippen MR) is 125 cm³/mol. The van der Waals surface area contributed by atoms with Crippen molar-refractivity contribution in [1.29, 1.82) is 0 Å². The number of rotatable bonds is 8. The molecule has 0 saturated carbocycles. The summed E-state index contributed by atoms with van der Waals surface area (Å²) in [7, 11) is -3.76. The molecule has 6 nitrogen and oxygen atoms in total. The van der Waals surface area contributed by atoms with Crippen LogP contribution in [0.25, 0.3) is 0 Å². The smallest absolute Gasteiger partial charge is 0.261 e. The molecular weight excluding hydrogens is 504 g/mol. The van der Waals surface area contributed by atoms with Crippen LogP contribution in [0.2, 0.25) is 5.02 Å². The summed E-state index contributed by atoms with van der Waals surface area (Å²) < 4.78 is 33.9. The van der Waals surface area contributed by atoms with Crippen molar-refractivity contribution in [2.75, 3.05) is 11.3 Å². The van der Waals surface area contributed by atoms with E-state index in [-0.39, 0.29) is 23.5 Å². The Morgan fingerprint density at radius 3 is 2.23 bits per heavy atom. The van der Waals surface area contributed by atoms with Crippen LogP contribution in [0.15, 0.2) is 82.2 Å². The maximum absolute atomic E-state index is 12.5. The molecule has 31 heavy (non-hydrogen) atoms. The van der Waals surface area contributed by atoms with Gasteiger partial charge in [0.2, 0.25) is 0 Å². The number of benzene rings is 3. The van der Waals surface area contributed by atoms with E-state index < -0.39 is 10.0 Å². The minimum absolute atomic E-state index is 0.0723. The minimum Gasteiger partial charge on any atom is -0.484 e. The molecule has 162 valence electrons. The van der Waals surface area contributed by atoms with Crippen LogP contribution in [0, 0.1) is 0 Å². The number of hydrogen-bond donors (Lipinski definition) is 2. The molecule has 3 aromatic carbocycles. The summed E-state index contributed by atoms with van der Waals surface area (Å²) in [6.45, 7) is 1.70. The van der Waals surface area contributed by atoms with E-state index in [1.54, 1.807) is 24.3 Å². The first-order valence-corrected chi connectivity index (χ1v) is 11.9. The van der Waals surface area contributed by atoms with E-state index in [9.17, 15) is 13.2 Å².